The Morgan fingerprint density at radius 3 is 2.41 bits per heavy atom. The maximum absolute atomic E-state index is 13.5. The van der Waals surface area contributed by atoms with E-state index in [-0.39, 0.29) is 34.8 Å². The Morgan fingerprint density at radius 1 is 1.19 bits per heavy atom. The smallest absolute Gasteiger partial charge is 0.198 e. The second-order valence-electron chi connectivity index (χ2n) is 8.60. The summed E-state index contributed by atoms with van der Waals surface area (Å²) in [4.78, 5) is 25.2. The van der Waals surface area contributed by atoms with Gasteiger partial charge in [0.2, 0.25) is 0 Å². The Labute approximate surface area is 187 Å². The second-order valence-corrected chi connectivity index (χ2v) is 8.60. The standard InChI is InChI=1S/C25H30O7/c1-14(2)6-7-16-8-9-19(27)18(12-26)22(16)24(30)17-10-15(3)11-20(23(17)29)32-13-21(28)25(4,5)31/h6,8-12,21,27-29,31H,7,13H2,1-5H3/t21-/m0/s1. The number of ether oxygens (including phenoxy) is 1. The van der Waals surface area contributed by atoms with Gasteiger partial charge in [0.15, 0.2) is 23.6 Å². The van der Waals surface area contributed by atoms with E-state index in [1.807, 2.05) is 19.9 Å². The predicted octanol–water partition coefficient (Wildman–Crippen LogP) is 3.47. The fourth-order valence-corrected chi connectivity index (χ4v) is 3.06. The molecule has 2 rings (SSSR count). The summed E-state index contributed by atoms with van der Waals surface area (Å²) >= 11 is 0. The number of benzene rings is 2. The number of hydrogen-bond acceptors (Lipinski definition) is 7. The first kappa shape index (κ1) is 25.1. The van der Waals surface area contributed by atoms with E-state index in [0.717, 1.165) is 5.57 Å². The number of carbonyl (C=O) groups excluding carboxylic acids is 2. The molecule has 0 unspecified atom stereocenters. The van der Waals surface area contributed by atoms with Gasteiger partial charge in [-0.25, -0.2) is 0 Å². The highest BCUT2D eigenvalue weighted by molar-refractivity contribution is 6.16. The Hall–Kier alpha value is -3.16. The molecule has 0 aromatic heterocycles. The van der Waals surface area contributed by atoms with Gasteiger partial charge in [-0.05, 0) is 70.4 Å². The van der Waals surface area contributed by atoms with Crippen LogP contribution in [0.3, 0.4) is 0 Å². The first-order chi connectivity index (χ1) is 14.9. The van der Waals surface area contributed by atoms with E-state index in [2.05, 4.69) is 0 Å². The van der Waals surface area contributed by atoms with Crippen LogP contribution in [0.1, 0.15) is 65.1 Å². The molecule has 0 fully saturated rings. The topological polar surface area (TPSA) is 124 Å². The number of carbonyl (C=O) groups is 2. The minimum absolute atomic E-state index is 0.000811. The van der Waals surface area contributed by atoms with Gasteiger partial charge in [-0.2, -0.15) is 0 Å². The monoisotopic (exact) mass is 442 g/mol. The number of aryl methyl sites for hydroxylation is 1. The molecule has 0 saturated heterocycles. The minimum Gasteiger partial charge on any atom is -0.507 e. The van der Waals surface area contributed by atoms with Crippen molar-refractivity contribution >= 4 is 12.1 Å². The maximum atomic E-state index is 13.5. The third kappa shape index (κ3) is 5.75. The minimum atomic E-state index is -1.42. The van der Waals surface area contributed by atoms with E-state index in [4.69, 9.17) is 4.74 Å². The van der Waals surface area contributed by atoms with Crippen molar-refractivity contribution in [1.29, 1.82) is 0 Å². The van der Waals surface area contributed by atoms with Crippen molar-refractivity contribution in [3.8, 4) is 17.2 Å². The zero-order chi connectivity index (χ0) is 24.2. The molecule has 0 heterocycles. The van der Waals surface area contributed by atoms with Crippen molar-refractivity contribution < 1.29 is 34.8 Å². The number of aromatic hydroxyl groups is 2. The molecule has 4 N–H and O–H groups in total. The summed E-state index contributed by atoms with van der Waals surface area (Å²) in [7, 11) is 0. The van der Waals surface area contributed by atoms with Gasteiger partial charge in [0.05, 0.1) is 16.7 Å². The molecule has 32 heavy (non-hydrogen) atoms. The van der Waals surface area contributed by atoms with Crippen LogP contribution in [0.4, 0.5) is 0 Å². The number of phenolic OH excluding ortho intramolecular Hbond substituents is 2. The summed E-state index contributed by atoms with van der Waals surface area (Å²) in [6, 6.07) is 5.88. The summed E-state index contributed by atoms with van der Waals surface area (Å²) < 4.78 is 5.48. The number of aliphatic hydroxyl groups is 2. The fourth-order valence-electron chi connectivity index (χ4n) is 3.06. The summed E-state index contributed by atoms with van der Waals surface area (Å²) in [6.45, 7) is 8.03. The van der Waals surface area contributed by atoms with Gasteiger partial charge in [0, 0.05) is 5.56 Å². The van der Waals surface area contributed by atoms with Crippen LogP contribution in [0, 0.1) is 6.92 Å². The van der Waals surface area contributed by atoms with E-state index >= 15 is 0 Å². The first-order valence-corrected chi connectivity index (χ1v) is 10.2. The third-order valence-electron chi connectivity index (χ3n) is 5.06. The van der Waals surface area contributed by atoms with Crippen LogP contribution in [0.2, 0.25) is 0 Å². The normalized spacial score (nSPS) is 12.2. The van der Waals surface area contributed by atoms with Crippen molar-refractivity contribution in [3.05, 3.63) is 63.7 Å². The number of ketones is 1. The number of aliphatic hydroxyl groups excluding tert-OH is 1. The summed E-state index contributed by atoms with van der Waals surface area (Å²) in [6.07, 6.45) is 1.43. The molecule has 0 aliphatic rings. The molecule has 0 radical (unpaired) electrons. The van der Waals surface area contributed by atoms with E-state index < -0.39 is 23.2 Å². The Bertz CT molecular complexity index is 1040. The van der Waals surface area contributed by atoms with Crippen molar-refractivity contribution in [2.75, 3.05) is 6.61 Å². The second kappa shape index (κ2) is 9.97. The number of rotatable bonds is 9. The number of aldehydes is 1. The summed E-state index contributed by atoms with van der Waals surface area (Å²) in [5.74, 6) is -1.48. The van der Waals surface area contributed by atoms with Crippen LogP contribution in [0.25, 0.3) is 0 Å². The van der Waals surface area contributed by atoms with Gasteiger partial charge in [-0.3, -0.25) is 9.59 Å². The maximum Gasteiger partial charge on any atom is 0.198 e. The van der Waals surface area contributed by atoms with Crippen molar-refractivity contribution in [2.24, 2.45) is 0 Å². The molecule has 0 spiro atoms. The van der Waals surface area contributed by atoms with E-state index in [1.54, 1.807) is 13.0 Å². The molecular formula is C25H30O7. The van der Waals surface area contributed by atoms with Crippen LogP contribution >= 0.6 is 0 Å². The zero-order valence-corrected chi connectivity index (χ0v) is 19.0. The molecule has 0 amide bonds. The highest BCUT2D eigenvalue weighted by Gasteiger charge is 2.27. The lowest BCUT2D eigenvalue weighted by Crippen LogP contribution is -2.40. The molecule has 7 heteroatoms. The SMILES string of the molecule is CC(C)=CCc1ccc(O)c(C=O)c1C(=O)c1cc(C)cc(OC[C@H](O)C(C)(C)O)c1O. The van der Waals surface area contributed by atoms with Gasteiger partial charge in [-0.1, -0.05) is 17.7 Å². The lowest BCUT2D eigenvalue weighted by atomic mass is 9.90. The highest BCUT2D eigenvalue weighted by Crippen LogP contribution is 2.36. The molecule has 172 valence electrons. The lowest BCUT2D eigenvalue weighted by molar-refractivity contribution is -0.0664. The van der Waals surface area contributed by atoms with Crippen molar-refractivity contribution in [1.82, 2.24) is 0 Å². The van der Waals surface area contributed by atoms with Crippen LogP contribution in [-0.2, 0) is 6.42 Å². The zero-order valence-electron chi connectivity index (χ0n) is 19.0. The Kier molecular flexibility index (Phi) is 7.83. The average Bonchev–Trinajstić information content (AvgIpc) is 2.71. The summed E-state index contributed by atoms with van der Waals surface area (Å²) in [5, 5.41) is 40.8. The lowest BCUT2D eigenvalue weighted by Gasteiger charge is -2.24. The van der Waals surface area contributed by atoms with Gasteiger partial charge in [0.1, 0.15) is 18.5 Å². The van der Waals surface area contributed by atoms with Crippen LogP contribution in [0.15, 0.2) is 35.9 Å². The molecule has 0 bridgehead atoms. The molecule has 2 aromatic carbocycles. The van der Waals surface area contributed by atoms with E-state index in [1.165, 1.54) is 32.0 Å². The quantitative estimate of drug-likeness (QED) is 0.266. The predicted molar refractivity (Wildman–Crippen MR) is 121 cm³/mol. The average molecular weight is 443 g/mol. The van der Waals surface area contributed by atoms with Gasteiger partial charge in [-0.15, -0.1) is 0 Å². The number of hydrogen-bond donors (Lipinski definition) is 4. The van der Waals surface area contributed by atoms with Crippen LogP contribution in [-0.4, -0.2) is 50.8 Å². The Balaban J connectivity index is 2.56. The van der Waals surface area contributed by atoms with Crippen molar-refractivity contribution in [3.63, 3.8) is 0 Å². The van der Waals surface area contributed by atoms with Gasteiger partial charge >= 0.3 is 0 Å². The number of allylic oxidation sites excluding steroid dienone is 2. The van der Waals surface area contributed by atoms with E-state index in [0.29, 0.717) is 23.8 Å². The van der Waals surface area contributed by atoms with E-state index in [9.17, 15) is 30.0 Å². The fraction of sp³-hybridized carbons (Fsp3) is 0.360. The van der Waals surface area contributed by atoms with Crippen LogP contribution < -0.4 is 4.74 Å². The van der Waals surface area contributed by atoms with Gasteiger partial charge in [0.25, 0.3) is 0 Å². The molecule has 0 saturated carbocycles. The van der Waals surface area contributed by atoms with Crippen molar-refractivity contribution in [2.45, 2.75) is 52.7 Å². The number of phenols is 2. The molecule has 0 aliphatic carbocycles. The summed E-state index contributed by atoms with van der Waals surface area (Å²) in [5.41, 5.74) is 0.456. The molecule has 1 atom stereocenters. The molecular weight excluding hydrogens is 412 g/mol. The first-order valence-electron chi connectivity index (χ1n) is 10.2. The third-order valence-corrected chi connectivity index (χ3v) is 5.06. The Morgan fingerprint density at radius 2 is 1.84 bits per heavy atom. The van der Waals surface area contributed by atoms with Crippen LogP contribution in [0.5, 0.6) is 17.2 Å². The largest absolute Gasteiger partial charge is 0.507 e. The highest BCUT2D eigenvalue weighted by atomic mass is 16.5. The molecule has 2 aromatic rings. The molecule has 7 nitrogen and oxygen atoms in total. The molecule has 0 aliphatic heterocycles. The van der Waals surface area contributed by atoms with Gasteiger partial charge < -0.3 is 25.2 Å².